The predicted molar refractivity (Wildman–Crippen MR) is 128 cm³/mol. The van der Waals surface area contributed by atoms with Crippen molar-refractivity contribution in [3.05, 3.63) is 82.0 Å². The molecular weight excluding hydrogens is 481 g/mol. The van der Waals surface area contributed by atoms with Crippen LogP contribution in [-0.4, -0.2) is 42.1 Å². The van der Waals surface area contributed by atoms with Crippen molar-refractivity contribution in [2.45, 2.75) is 12.5 Å². The van der Waals surface area contributed by atoms with Gasteiger partial charge in [0.05, 0.1) is 29.8 Å². The Morgan fingerprint density at radius 3 is 2.41 bits per heavy atom. The van der Waals surface area contributed by atoms with E-state index in [2.05, 4.69) is 15.3 Å². The smallest absolute Gasteiger partial charge is 0.328 e. The average Bonchev–Trinajstić information content (AvgIpc) is 2.84. The van der Waals surface area contributed by atoms with Gasteiger partial charge in [0, 0.05) is 12.3 Å². The first-order valence-corrected chi connectivity index (χ1v) is 10.8. The summed E-state index contributed by atoms with van der Waals surface area (Å²) < 4.78 is 15.5. The van der Waals surface area contributed by atoms with Crippen LogP contribution in [0.15, 0.2) is 60.8 Å². The van der Waals surface area contributed by atoms with Crippen molar-refractivity contribution in [1.29, 1.82) is 0 Å². The van der Waals surface area contributed by atoms with Crippen molar-refractivity contribution in [2.75, 3.05) is 14.2 Å². The Kier molecular flexibility index (Phi) is 8.84. The predicted octanol–water partition coefficient (Wildman–Crippen LogP) is 4.96. The number of hydrogen-bond acceptors (Lipinski definition) is 7. The summed E-state index contributed by atoms with van der Waals surface area (Å²) in [5.74, 6) is -0.223. The number of halogens is 2. The van der Waals surface area contributed by atoms with Crippen molar-refractivity contribution in [2.24, 2.45) is 0 Å². The molecule has 0 aliphatic heterocycles. The summed E-state index contributed by atoms with van der Waals surface area (Å²) in [6.45, 7) is 0. The number of hydrogen-bond donors (Lipinski definition) is 1. The fraction of sp³-hybridized carbons (Fsp3) is 0.167. The fourth-order valence-corrected chi connectivity index (χ4v) is 3.45. The zero-order chi connectivity index (χ0) is 24.5. The number of carbonyl (C=O) groups excluding carboxylic acids is 2. The van der Waals surface area contributed by atoms with Crippen LogP contribution in [0.2, 0.25) is 10.0 Å². The number of aromatic nitrogens is 2. The van der Waals surface area contributed by atoms with Gasteiger partial charge in [-0.05, 0) is 36.2 Å². The number of benzene rings is 2. The monoisotopic (exact) mass is 501 g/mol. The summed E-state index contributed by atoms with van der Waals surface area (Å²) >= 11 is 12.2. The van der Waals surface area contributed by atoms with Crippen LogP contribution in [0.1, 0.15) is 22.3 Å². The molecule has 3 rings (SSSR count). The first kappa shape index (κ1) is 25.0. The van der Waals surface area contributed by atoms with Crippen LogP contribution in [-0.2, 0) is 9.53 Å². The zero-order valence-corrected chi connectivity index (χ0v) is 19.8. The third-order valence-electron chi connectivity index (χ3n) is 4.57. The molecule has 8 nitrogen and oxygen atoms in total. The molecule has 0 aliphatic rings. The highest BCUT2D eigenvalue weighted by Gasteiger charge is 2.23. The molecular formula is C24H21Cl2N3O5. The number of amides is 1. The van der Waals surface area contributed by atoms with Gasteiger partial charge >= 0.3 is 12.0 Å². The third-order valence-corrected chi connectivity index (χ3v) is 5.20. The maximum absolute atomic E-state index is 12.6. The van der Waals surface area contributed by atoms with E-state index in [4.69, 9.17) is 37.4 Å². The van der Waals surface area contributed by atoms with Crippen LogP contribution in [0.5, 0.6) is 17.6 Å². The Hall–Kier alpha value is -3.62. The molecule has 1 N–H and O–H groups in total. The molecule has 0 spiro atoms. The van der Waals surface area contributed by atoms with Gasteiger partial charge in [-0.25, -0.2) is 9.78 Å². The summed E-state index contributed by atoms with van der Waals surface area (Å²) in [4.78, 5) is 32.9. The van der Waals surface area contributed by atoms with Crippen molar-refractivity contribution in [3.8, 4) is 17.6 Å². The van der Waals surface area contributed by atoms with Crippen molar-refractivity contribution in [3.63, 3.8) is 0 Å². The maximum Gasteiger partial charge on any atom is 0.328 e. The Labute approximate surface area is 206 Å². The molecule has 1 aromatic heterocycles. The molecule has 1 amide bonds. The minimum absolute atomic E-state index is 0.0966. The molecule has 1 unspecified atom stereocenters. The largest absolute Gasteiger partial charge is 0.481 e. The zero-order valence-electron chi connectivity index (χ0n) is 18.3. The Bertz CT molecular complexity index is 1170. The van der Waals surface area contributed by atoms with E-state index < -0.39 is 17.9 Å². The molecule has 2 aromatic carbocycles. The lowest BCUT2D eigenvalue weighted by Crippen LogP contribution is -2.41. The molecule has 176 valence electrons. The van der Waals surface area contributed by atoms with Gasteiger partial charge in [0.2, 0.25) is 5.88 Å². The molecule has 3 aromatic rings. The van der Waals surface area contributed by atoms with Crippen LogP contribution in [0, 0.1) is 0 Å². The molecule has 0 saturated carbocycles. The van der Waals surface area contributed by atoms with Crippen LogP contribution >= 0.6 is 23.2 Å². The van der Waals surface area contributed by atoms with Crippen LogP contribution in [0.3, 0.4) is 0 Å². The quantitative estimate of drug-likeness (QED) is 0.413. The molecule has 1 atom stereocenters. The summed E-state index contributed by atoms with van der Waals surface area (Å²) in [6, 6.07) is 12.7. The topological polar surface area (TPSA) is 99.6 Å². The van der Waals surface area contributed by atoms with Crippen LogP contribution < -0.4 is 14.8 Å². The van der Waals surface area contributed by atoms with Gasteiger partial charge in [-0.15, -0.1) is 0 Å². The van der Waals surface area contributed by atoms with Gasteiger partial charge in [-0.3, -0.25) is 4.79 Å². The first-order valence-electron chi connectivity index (χ1n) is 10.1. The highest BCUT2D eigenvalue weighted by atomic mass is 35.5. The highest BCUT2D eigenvalue weighted by Crippen LogP contribution is 2.24. The Morgan fingerprint density at radius 2 is 1.76 bits per heavy atom. The molecule has 1 heterocycles. The molecule has 0 fully saturated rings. The van der Waals surface area contributed by atoms with E-state index in [0.29, 0.717) is 11.6 Å². The summed E-state index contributed by atoms with van der Waals surface area (Å²) in [6.07, 6.45) is 5.28. The van der Waals surface area contributed by atoms with Crippen molar-refractivity contribution in [1.82, 2.24) is 15.3 Å². The van der Waals surface area contributed by atoms with Gasteiger partial charge in [0.25, 0.3) is 5.91 Å². The molecule has 0 aliphatic carbocycles. The lowest BCUT2D eigenvalue weighted by Gasteiger charge is -2.16. The van der Waals surface area contributed by atoms with Gasteiger partial charge in [-0.2, -0.15) is 4.98 Å². The van der Waals surface area contributed by atoms with E-state index in [1.807, 2.05) is 12.1 Å². The van der Waals surface area contributed by atoms with E-state index in [1.165, 1.54) is 20.4 Å². The number of carbonyl (C=O) groups is 2. The van der Waals surface area contributed by atoms with Crippen LogP contribution in [0.25, 0.3) is 6.08 Å². The van der Waals surface area contributed by atoms with Crippen molar-refractivity contribution >= 4 is 41.2 Å². The van der Waals surface area contributed by atoms with Crippen LogP contribution in [0.4, 0.5) is 0 Å². The second-order valence-electron chi connectivity index (χ2n) is 6.84. The van der Waals surface area contributed by atoms with E-state index in [-0.39, 0.29) is 28.0 Å². The summed E-state index contributed by atoms with van der Waals surface area (Å²) in [5, 5.41) is 2.99. The summed E-state index contributed by atoms with van der Waals surface area (Å²) in [5.41, 5.74) is 0.947. The minimum atomic E-state index is -0.922. The Morgan fingerprint density at radius 1 is 1.06 bits per heavy atom. The highest BCUT2D eigenvalue weighted by molar-refractivity contribution is 6.39. The lowest BCUT2D eigenvalue weighted by atomic mass is 10.1. The van der Waals surface area contributed by atoms with Gasteiger partial charge in [0.15, 0.2) is 0 Å². The van der Waals surface area contributed by atoms with E-state index in [1.54, 1.807) is 48.6 Å². The number of esters is 1. The minimum Gasteiger partial charge on any atom is -0.481 e. The Balaban J connectivity index is 1.63. The second-order valence-corrected chi connectivity index (χ2v) is 7.65. The molecule has 34 heavy (non-hydrogen) atoms. The van der Waals surface area contributed by atoms with E-state index >= 15 is 0 Å². The van der Waals surface area contributed by atoms with Gasteiger partial charge < -0.3 is 19.5 Å². The number of ether oxygens (including phenoxy) is 3. The van der Waals surface area contributed by atoms with Gasteiger partial charge in [0.1, 0.15) is 11.8 Å². The molecule has 10 heteroatoms. The molecule has 0 bridgehead atoms. The number of methoxy groups -OCH3 is 2. The fourth-order valence-electron chi connectivity index (χ4n) is 2.88. The number of nitrogens with one attached hydrogen (secondary N) is 1. The standard InChI is InChI=1S/C24H21Cl2N3O5/c1-32-20-13-14-27-24(29-20)34-16-11-9-15(10-12-16)5-3-8-19(23(31)33-2)28-22(30)21-17(25)6-4-7-18(21)26/h3-7,9-14,19H,8H2,1-2H3,(H,28,30). The SMILES string of the molecule is COC(=O)C(CC=Cc1ccc(Oc2nccc(OC)n2)cc1)NC(=O)c1c(Cl)cccc1Cl. The number of nitrogens with zero attached hydrogens (tertiary/aromatic N) is 2. The molecule has 0 saturated heterocycles. The van der Waals surface area contributed by atoms with E-state index in [0.717, 1.165) is 5.56 Å². The summed E-state index contributed by atoms with van der Waals surface area (Å²) in [7, 11) is 2.76. The van der Waals surface area contributed by atoms with Gasteiger partial charge in [-0.1, -0.05) is 53.6 Å². The first-order chi connectivity index (χ1) is 16.4. The average molecular weight is 502 g/mol. The molecule has 0 radical (unpaired) electrons. The third kappa shape index (κ3) is 6.69. The number of rotatable bonds is 9. The second kappa shape index (κ2) is 12.0. The maximum atomic E-state index is 12.6. The van der Waals surface area contributed by atoms with Crippen molar-refractivity contribution < 1.29 is 23.8 Å². The normalized spacial score (nSPS) is 11.6. The van der Waals surface area contributed by atoms with E-state index in [9.17, 15) is 9.59 Å². The lowest BCUT2D eigenvalue weighted by molar-refractivity contribution is -0.142.